The van der Waals surface area contributed by atoms with Gasteiger partial charge in [0.05, 0.1) is 13.7 Å². The first-order valence-corrected chi connectivity index (χ1v) is 7.67. The summed E-state index contributed by atoms with van der Waals surface area (Å²) in [6.07, 6.45) is 0.900. The summed E-state index contributed by atoms with van der Waals surface area (Å²) in [7, 11) is 1.62. The molecule has 0 aliphatic carbocycles. The Hall–Kier alpha value is -2.49. The van der Waals surface area contributed by atoms with Crippen LogP contribution < -0.4 is 4.74 Å². The Kier molecular flexibility index (Phi) is 5.63. The van der Waals surface area contributed by atoms with Gasteiger partial charge in [0, 0.05) is 6.42 Å². The molecule has 2 aromatic carbocycles. The predicted octanol–water partition coefficient (Wildman–Crippen LogP) is 3.87. The molecular formula is C19H22O4. The quantitative estimate of drug-likeness (QED) is 0.822. The second kappa shape index (κ2) is 7.68. The molecule has 122 valence electrons. The van der Waals surface area contributed by atoms with Crippen molar-refractivity contribution in [2.45, 2.75) is 26.7 Å². The zero-order chi connectivity index (χ0) is 16.8. The molecule has 0 heterocycles. The minimum absolute atomic E-state index is 0.205. The zero-order valence-corrected chi connectivity index (χ0v) is 13.8. The topological polar surface area (TPSA) is 55.8 Å². The monoisotopic (exact) mass is 314 g/mol. The molecule has 0 atom stereocenters. The van der Waals surface area contributed by atoms with Crippen molar-refractivity contribution in [3.63, 3.8) is 0 Å². The van der Waals surface area contributed by atoms with Crippen molar-refractivity contribution in [2.24, 2.45) is 0 Å². The van der Waals surface area contributed by atoms with E-state index in [0.717, 1.165) is 28.0 Å². The van der Waals surface area contributed by atoms with Crippen molar-refractivity contribution in [1.82, 2.24) is 0 Å². The van der Waals surface area contributed by atoms with Gasteiger partial charge in [-0.05, 0) is 66.8 Å². The van der Waals surface area contributed by atoms with Gasteiger partial charge in [-0.15, -0.1) is 0 Å². The van der Waals surface area contributed by atoms with Crippen LogP contribution in [-0.4, -0.2) is 24.8 Å². The first-order chi connectivity index (χ1) is 11.0. The standard InChI is InChI=1S/C19H22O4/c1-4-23-19(21)10-5-14-12-16(22-3)7-9-18(14)17-8-6-15(20)11-13(17)2/h6-9,11-12,20H,4-5,10H2,1-3H3. The van der Waals surface area contributed by atoms with E-state index in [1.807, 2.05) is 31.2 Å². The van der Waals surface area contributed by atoms with Crippen LogP contribution in [0.3, 0.4) is 0 Å². The summed E-state index contributed by atoms with van der Waals surface area (Å²) >= 11 is 0. The summed E-state index contributed by atoms with van der Waals surface area (Å²) in [6.45, 7) is 4.14. The van der Waals surface area contributed by atoms with Gasteiger partial charge in [0.1, 0.15) is 11.5 Å². The Morgan fingerprint density at radius 3 is 2.52 bits per heavy atom. The summed E-state index contributed by atoms with van der Waals surface area (Å²) < 4.78 is 10.3. The Bertz CT molecular complexity index is 692. The average Bonchev–Trinajstić information content (AvgIpc) is 2.53. The number of carbonyl (C=O) groups is 1. The highest BCUT2D eigenvalue weighted by molar-refractivity contribution is 5.74. The number of rotatable bonds is 6. The molecule has 0 bridgehead atoms. The highest BCUT2D eigenvalue weighted by Crippen LogP contribution is 2.32. The van der Waals surface area contributed by atoms with E-state index in [4.69, 9.17) is 9.47 Å². The van der Waals surface area contributed by atoms with E-state index < -0.39 is 0 Å². The predicted molar refractivity (Wildman–Crippen MR) is 89.8 cm³/mol. The molecule has 0 fully saturated rings. The van der Waals surface area contributed by atoms with Crippen molar-refractivity contribution >= 4 is 5.97 Å². The molecule has 0 radical (unpaired) electrons. The summed E-state index contributed by atoms with van der Waals surface area (Å²) in [5, 5.41) is 9.59. The molecule has 0 aliphatic heterocycles. The van der Waals surface area contributed by atoms with E-state index in [1.54, 1.807) is 26.2 Å². The van der Waals surface area contributed by atoms with Crippen LogP contribution >= 0.6 is 0 Å². The summed E-state index contributed by atoms with van der Waals surface area (Å²) in [4.78, 5) is 11.6. The number of benzene rings is 2. The van der Waals surface area contributed by atoms with Gasteiger partial charge in [0.15, 0.2) is 0 Å². The first kappa shape index (κ1) is 16.9. The number of methoxy groups -OCH3 is 1. The lowest BCUT2D eigenvalue weighted by atomic mass is 9.93. The number of ether oxygens (including phenoxy) is 2. The van der Waals surface area contributed by atoms with Crippen molar-refractivity contribution in [2.75, 3.05) is 13.7 Å². The van der Waals surface area contributed by atoms with Crippen molar-refractivity contribution < 1.29 is 19.4 Å². The number of carbonyl (C=O) groups excluding carboxylic acids is 1. The van der Waals surface area contributed by atoms with Crippen molar-refractivity contribution in [3.05, 3.63) is 47.5 Å². The number of aromatic hydroxyl groups is 1. The minimum Gasteiger partial charge on any atom is -0.508 e. The average molecular weight is 314 g/mol. The maximum atomic E-state index is 11.6. The van der Waals surface area contributed by atoms with Gasteiger partial charge in [-0.25, -0.2) is 0 Å². The Balaban J connectivity index is 2.36. The van der Waals surface area contributed by atoms with E-state index in [-0.39, 0.29) is 11.7 Å². The van der Waals surface area contributed by atoms with Crippen LogP contribution in [-0.2, 0) is 16.0 Å². The van der Waals surface area contributed by atoms with Gasteiger partial charge in [-0.3, -0.25) is 4.79 Å². The van der Waals surface area contributed by atoms with Crippen LogP contribution in [0.5, 0.6) is 11.5 Å². The number of aryl methyl sites for hydroxylation is 2. The Morgan fingerprint density at radius 2 is 1.87 bits per heavy atom. The molecule has 2 rings (SSSR count). The molecule has 0 unspecified atom stereocenters. The van der Waals surface area contributed by atoms with Crippen LogP contribution in [0.25, 0.3) is 11.1 Å². The number of hydrogen-bond donors (Lipinski definition) is 1. The molecule has 0 aromatic heterocycles. The fourth-order valence-electron chi connectivity index (χ4n) is 2.59. The van der Waals surface area contributed by atoms with Gasteiger partial charge in [-0.1, -0.05) is 12.1 Å². The number of phenolic OH excluding ortho intramolecular Hbond substituents is 1. The van der Waals surface area contributed by atoms with Crippen LogP contribution in [0, 0.1) is 6.92 Å². The summed E-state index contributed by atoms with van der Waals surface area (Å²) in [6, 6.07) is 11.1. The lowest BCUT2D eigenvalue weighted by molar-refractivity contribution is -0.143. The smallest absolute Gasteiger partial charge is 0.306 e. The molecule has 4 heteroatoms. The molecule has 0 aliphatic rings. The van der Waals surface area contributed by atoms with Crippen LogP contribution in [0.2, 0.25) is 0 Å². The maximum Gasteiger partial charge on any atom is 0.306 e. The third-order valence-corrected chi connectivity index (χ3v) is 3.72. The number of phenols is 1. The minimum atomic E-state index is -0.205. The molecule has 1 N–H and O–H groups in total. The normalized spacial score (nSPS) is 10.4. The third kappa shape index (κ3) is 4.25. The molecule has 23 heavy (non-hydrogen) atoms. The molecule has 0 saturated heterocycles. The molecule has 4 nitrogen and oxygen atoms in total. The first-order valence-electron chi connectivity index (χ1n) is 7.67. The second-order valence-electron chi connectivity index (χ2n) is 5.33. The van der Waals surface area contributed by atoms with E-state index in [1.165, 1.54) is 0 Å². The van der Waals surface area contributed by atoms with Gasteiger partial charge < -0.3 is 14.6 Å². The fraction of sp³-hybridized carbons (Fsp3) is 0.316. The molecule has 0 spiro atoms. The SMILES string of the molecule is CCOC(=O)CCc1cc(OC)ccc1-c1ccc(O)cc1C. The zero-order valence-electron chi connectivity index (χ0n) is 13.8. The number of hydrogen-bond acceptors (Lipinski definition) is 4. The summed E-state index contributed by atoms with van der Waals surface area (Å²) in [5.41, 5.74) is 4.07. The second-order valence-corrected chi connectivity index (χ2v) is 5.33. The highest BCUT2D eigenvalue weighted by atomic mass is 16.5. The lowest BCUT2D eigenvalue weighted by Gasteiger charge is -2.14. The largest absolute Gasteiger partial charge is 0.508 e. The lowest BCUT2D eigenvalue weighted by Crippen LogP contribution is -2.06. The molecular weight excluding hydrogens is 292 g/mol. The van der Waals surface area contributed by atoms with E-state index in [2.05, 4.69) is 0 Å². The third-order valence-electron chi connectivity index (χ3n) is 3.72. The molecule has 0 amide bonds. The van der Waals surface area contributed by atoms with Gasteiger partial charge in [0.25, 0.3) is 0 Å². The number of esters is 1. The van der Waals surface area contributed by atoms with Gasteiger partial charge >= 0.3 is 5.97 Å². The summed E-state index contributed by atoms with van der Waals surface area (Å²) in [5.74, 6) is 0.792. The van der Waals surface area contributed by atoms with Gasteiger partial charge in [0.2, 0.25) is 0 Å². The van der Waals surface area contributed by atoms with Crippen LogP contribution in [0.15, 0.2) is 36.4 Å². The Morgan fingerprint density at radius 1 is 1.13 bits per heavy atom. The van der Waals surface area contributed by atoms with E-state index in [0.29, 0.717) is 19.4 Å². The fourth-order valence-corrected chi connectivity index (χ4v) is 2.59. The maximum absolute atomic E-state index is 11.6. The highest BCUT2D eigenvalue weighted by Gasteiger charge is 2.12. The Labute approximate surface area is 136 Å². The van der Waals surface area contributed by atoms with E-state index in [9.17, 15) is 9.90 Å². The van der Waals surface area contributed by atoms with Crippen LogP contribution in [0.4, 0.5) is 0 Å². The van der Waals surface area contributed by atoms with Crippen LogP contribution in [0.1, 0.15) is 24.5 Å². The van der Waals surface area contributed by atoms with Crippen molar-refractivity contribution in [1.29, 1.82) is 0 Å². The van der Waals surface area contributed by atoms with Gasteiger partial charge in [-0.2, -0.15) is 0 Å². The molecule has 0 saturated carbocycles. The molecule has 2 aromatic rings. The van der Waals surface area contributed by atoms with E-state index >= 15 is 0 Å². The van der Waals surface area contributed by atoms with Crippen molar-refractivity contribution in [3.8, 4) is 22.6 Å².